The van der Waals surface area contributed by atoms with Gasteiger partial charge in [0.15, 0.2) is 11.5 Å². The second-order valence-corrected chi connectivity index (χ2v) is 5.72. The van der Waals surface area contributed by atoms with Crippen LogP contribution in [0.15, 0.2) is 63.9 Å². The number of benzene rings is 1. The van der Waals surface area contributed by atoms with E-state index in [2.05, 4.69) is 25.7 Å². The van der Waals surface area contributed by atoms with E-state index in [1.54, 1.807) is 23.1 Å². The van der Waals surface area contributed by atoms with E-state index in [-0.39, 0.29) is 0 Å². The van der Waals surface area contributed by atoms with Gasteiger partial charge in [0.05, 0.1) is 23.0 Å². The van der Waals surface area contributed by atoms with Gasteiger partial charge >= 0.3 is 0 Å². The van der Waals surface area contributed by atoms with Crippen LogP contribution in [0.4, 0.5) is 0 Å². The van der Waals surface area contributed by atoms with E-state index in [9.17, 15) is 0 Å². The Morgan fingerprint density at radius 1 is 0.885 bits per heavy atom. The molecule has 126 valence electrons. The van der Waals surface area contributed by atoms with Crippen LogP contribution < -0.4 is 0 Å². The molecule has 0 spiro atoms. The van der Waals surface area contributed by atoms with Gasteiger partial charge < -0.3 is 8.94 Å². The molecule has 0 radical (unpaired) electrons. The van der Waals surface area contributed by atoms with Gasteiger partial charge in [-0.25, -0.2) is 4.68 Å². The maximum Gasteiger partial charge on any atom is 0.158 e. The lowest BCUT2D eigenvalue weighted by Crippen LogP contribution is -1.99. The van der Waals surface area contributed by atoms with Crippen molar-refractivity contribution in [1.82, 2.24) is 30.3 Å². The van der Waals surface area contributed by atoms with Crippen LogP contribution >= 0.6 is 0 Å². The van der Waals surface area contributed by atoms with Crippen molar-refractivity contribution in [3.05, 3.63) is 60.7 Å². The Labute approximate surface area is 147 Å². The molecule has 4 heterocycles. The highest BCUT2D eigenvalue weighted by atomic mass is 16.5. The number of aromatic nitrogens is 6. The molecule has 8 nitrogen and oxygen atoms in total. The average molecular weight is 344 g/mol. The van der Waals surface area contributed by atoms with Crippen molar-refractivity contribution >= 4 is 10.9 Å². The molecule has 0 fully saturated rings. The first-order chi connectivity index (χ1) is 12.8. The van der Waals surface area contributed by atoms with Gasteiger partial charge in [-0.1, -0.05) is 28.6 Å². The molecule has 1 aromatic carbocycles. The normalized spacial score (nSPS) is 11.3. The van der Waals surface area contributed by atoms with Crippen LogP contribution in [0.5, 0.6) is 0 Å². The van der Waals surface area contributed by atoms with Crippen molar-refractivity contribution in [3.63, 3.8) is 0 Å². The maximum atomic E-state index is 5.41. The molecule has 0 saturated carbocycles. The fourth-order valence-electron chi connectivity index (χ4n) is 2.89. The standard InChI is InChI=1S/C18H12N6O2/c1-11-15(21-23-24(11)12-6-3-2-4-7-12)16-13-10-26-22-17(13)18(20-19-16)14-8-5-9-25-14/h2-10H,1H3. The summed E-state index contributed by atoms with van der Waals surface area (Å²) in [7, 11) is 0. The van der Waals surface area contributed by atoms with Crippen molar-refractivity contribution in [1.29, 1.82) is 0 Å². The summed E-state index contributed by atoms with van der Waals surface area (Å²) in [4.78, 5) is 0. The molecular formula is C18H12N6O2. The van der Waals surface area contributed by atoms with Crippen LogP contribution in [0.3, 0.4) is 0 Å². The van der Waals surface area contributed by atoms with Gasteiger partial charge in [-0.2, -0.15) is 0 Å². The summed E-state index contributed by atoms with van der Waals surface area (Å²) in [6, 6.07) is 13.4. The van der Waals surface area contributed by atoms with Crippen molar-refractivity contribution in [2.24, 2.45) is 0 Å². The zero-order chi connectivity index (χ0) is 17.5. The van der Waals surface area contributed by atoms with Gasteiger partial charge in [-0.05, 0) is 31.2 Å². The number of hydrogen-bond acceptors (Lipinski definition) is 7. The average Bonchev–Trinajstić information content (AvgIpc) is 3.43. The Hall–Kier alpha value is -3.81. The SMILES string of the molecule is Cc1c(-c2nnc(-c3ccco3)c3nocc23)nnn1-c1ccccc1. The highest BCUT2D eigenvalue weighted by Gasteiger charge is 2.21. The highest BCUT2D eigenvalue weighted by molar-refractivity contribution is 5.97. The molecule has 5 aromatic rings. The molecule has 4 aromatic heterocycles. The van der Waals surface area contributed by atoms with Gasteiger partial charge in [0.1, 0.15) is 23.2 Å². The summed E-state index contributed by atoms with van der Waals surface area (Å²) >= 11 is 0. The third kappa shape index (κ3) is 2.12. The molecule has 0 aliphatic carbocycles. The summed E-state index contributed by atoms with van der Waals surface area (Å²) in [6.45, 7) is 1.93. The van der Waals surface area contributed by atoms with Gasteiger partial charge in [-0.15, -0.1) is 15.3 Å². The predicted molar refractivity (Wildman–Crippen MR) is 92.4 cm³/mol. The van der Waals surface area contributed by atoms with Gasteiger partial charge in [0, 0.05) is 0 Å². The molecule has 0 amide bonds. The number of nitrogens with zero attached hydrogens (tertiary/aromatic N) is 6. The van der Waals surface area contributed by atoms with E-state index in [0.29, 0.717) is 33.7 Å². The molecule has 0 aliphatic rings. The van der Waals surface area contributed by atoms with Crippen molar-refractivity contribution in [2.45, 2.75) is 6.92 Å². The summed E-state index contributed by atoms with van der Waals surface area (Å²) in [5.41, 5.74) is 4.05. The fourth-order valence-corrected chi connectivity index (χ4v) is 2.89. The van der Waals surface area contributed by atoms with E-state index in [0.717, 1.165) is 11.4 Å². The van der Waals surface area contributed by atoms with Gasteiger partial charge in [-0.3, -0.25) is 0 Å². The molecule has 0 unspecified atom stereocenters. The van der Waals surface area contributed by atoms with Crippen LogP contribution in [0.2, 0.25) is 0 Å². The number of fused-ring (bicyclic) bond motifs is 1. The van der Waals surface area contributed by atoms with Crippen molar-refractivity contribution in [3.8, 4) is 28.5 Å². The smallest absolute Gasteiger partial charge is 0.158 e. The lowest BCUT2D eigenvalue weighted by molar-refractivity contribution is 0.428. The maximum absolute atomic E-state index is 5.41. The zero-order valence-corrected chi connectivity index (χ0v) is 13.7. The Bertz CT molecular complexity index is 1190. The van der Waals surface area contributed by atoms with Crippen LogP contribution in [-0.4, -0.2) is 30.3 Å². The molecule has 0 N–H and O–H groups in total. The van der Waals surface area contributed by atoms with E-state index in [1.165, 1.54) is 6.26 Å². The second-order valence-electron chi connectivity index (χ2n) is 5.72. The van der Waals surface area contributed by atoms with Crippen LogP contribution in [0.25, 0.3) is 39.4 Å². The summed E-state index contributed by atoms with van der Waals surface area (Å²) < 4.78 is 12.3. The minimum atomic E-state index is 0.524. The molecule has 0 saturated heterocycles. The van der Waals surface area contributed by atoms with Crippen molar-refractivity contribution in [2.75, 3.05) is 0 Å². The van der Waals surface area contributed by atoms with Gasteiger partial charge in [0.2, 0.25) is 0 Å². The van der Waals surface area contributed by atoms with Crippen molar-refractivity contribution < 1.29 is 8.94 Å². The minimum absolute atomic E-state index is 0.524. The number of furan rings is 1. The number of rotatable bonds is 3. The molecule has 26 heavy (non-hydrogen) atoms. The molecule has 0 bridgehead atoms. The van der Waals surface area contributed by atoms with Gasteiger partial charge in [0.25, 0.3) is 0 Å². The van der Waals surface area contributed by atoms with Crippen LogP contribution in [0, 0.1) is 6.92 Å². The first-order valence-electron chi connectivity index (χ1n) is 7.95. The second kappa shape index (κ2) is 5.62. The monoisotopic (exact) mass is 344 g/mol. The first-order valence-corrected chi connectivity index (χ1v) is 7.95. The molecule has 5 rings (SSSR count). The quantitative estimate of drug-likeness (QED) is 0.494. The van der Waals surface area contributed by atoms with Crippen LogP contribution in [0.1, 0.15) is 5.69 Å². The third-order valence-corrected chi connectivity index (χ3v) is 4.17. The predicted octanol–water partition coefficient (Wildman–Crippen LogP) is 3.43. The largest absolute Gasteiger partial charge is 0.463 e. The molecule has 0 aliphatic heterocycles. The Balaban J connectivity index is 1.69. The summed E-state index contributed by atoms with van der Waals surface area (Å²) in [6.07, 6.45) is 3.11. The number of para-hydroxylation sites is 1. The minimum Gasteiger partial charge on any atom is -0.463 e. The Morgan fingerprint density at radius 3 is 2.54 bits per heavy atom. The Kier molecular flexibility index (Phi) is 3.14. The topological polar surface area (TPSA) is 95.7 Å². The van der Waals surface area contributed by atoms with E-state index < -0.39 is 0 Å². The number of hydrogen-bond donors (Lipinski definition) is 0. The molecule has 8 heteroatoms. The van der Waals surface area contributed by atoms with E-state index >= 15 is 0 Å². The fraction of sp³-hybridized carbons (Fsp3) is 0.0556. The van der Waals surface area contributed by atoms with E-state index in [4.69, 9.17) is 8.94 Å². The summed E-state index contributed by atoms with van der Waals surface area (Å²) in [5, 5.41) is 21.9. The molecule has 0 atom stereocenters. The zero-order valence-electron chi connectivity index (χ0n) is 13.7. The lowest BCUT2D eigenvalue weighted by Gasteiger charge is -2.04. The molecular weight excluding hydrogens is 332 g/mol. The van der Waals surface area contributed by atoms with Crippen LogP contribution in [-0.2, 0) is 0 Å². The Morgan fingerprint density at radius 2 is 1.73 bits per heavy atom. The first kappa shape index (κ1) is 14.5. The summed E-state index contributed by atoms with van der Waals surface area (Å²) in [5.74, 6) is 0.576. The third-order valence-electron chi connectivity index (χ3n) is 4.17. The van der Waals surface area contributed by atoms with E-state index in [1.807, 2.05) is 37.3 Å². The lowest BCUT2D eigenvalue weighted by atomic mass is 10.1. The highest BCUT2D eigenvalue weighted by Crippen LogP contribution is 2.32.